The van der Waals surface area contributed by atoms with Crippen LogP contribution >= 0.6 is 0 Å². The number of aliphatic hydroxyl groups excluding tert-OH is 1. The van der Waals surface area contributed by atoms with E-state index in [1.54, 1.807) is 6.20 Å². The molecular formula is C16H38N2O. The van der Waals surface area contributed by atoms with Crippen molar-refractivity contribution in [1.82, 2.24) is 5.32 Å². The van der Waals surface area contributed by atoms with Crippen LogP contribution < -0.4 is 11.1 Å². The van der Waals surface area contributed by atoms with E-state index >= 15 is 0 Å². The lowest BCUT2D eigenvalue weighted by Crippen LogP contribution is -2.12. The Morgan fingerprint density at radius 3 is 1.95 bits per heavy atom. The molecule has 0 unspecified atom stereocenters. The highest BCUT2D eigenvalue weighted by Crippen LogP contribution is 2.02. The van der Waals surface area contributed by atoms with Crippen LogP contribution in [0.2, 0.25) is 0 Å². The summed E-state index contributed by atoms with van der Waals surface area (Å²) in [6, 6.07) is 0. The molecule has 19 heavy (non-hydrogen) atoms. The summed E-state index contributed by atoms with van der Waals surface area (Å²) >= 11 is 0. The molecule has 0 saturated heterocycles. The summed E-state index contributed by atoms with van der Waals surface area (Å²) in [6.45, 7) is 18.7. The Morgan fingerprint density at radius 2 is 1.58 bits per heavy atom. The molecule has 3 heteroatoms. The molecule has 0 aromatic rings. The summed E-state index contributed by atoms with van der Waals surface area (Å²) in [5.74, 6) is 0. The molecule has 0 radical (unpaired) electrons. The number of hydrogen-bond donors (Lipinski definition) is 3. The molecule has 0 saturated carbocycles. The molecule has 0 aliphatic carbocycles. The molecule has 3 nitrogen and oxygen atoms in total. The molecule has 4 N–H and O–H groups in total. The summed E-state index contributed by atoms with van der Waals surface area (Å²) in [6.07, 6.45) is 4.99. The fourth-order valence-corrected chi connectivity index (χ4v) is 0.903. The molecule has 0 fully saturated rings. The zero-order chi connectivity index (χ0) is 16.1. The largest absolute Gasteiger partial charge is 0.399 e. The lowest BCUT2D eigenvalue weighted by atomic mass is 10.1. The molecule has 0 spiro atoms. The van der Waals surface area contributed by atoms with E-state index < -0.39 is 0 Å². The molecule has 0 atom stereocenters. The Kier molecular flexibility index (Phi) is 42.3. The quantitative estimate of drug-likeness (QED) is 0.482. The molecule has 0 amide bonds. The minimum atomic E-state index is -0.0846. The van der Waals surface area contributed by atoms with E-state index in [0.717, 1.165) is 25.8 Å². The van der Waals surface area contributed by atoms with Gasteiger partial charge in [-0.3, -0.25) is 0 Å². The minimum absolute atomic E-state index is 0.0846. The van der Waals surface area contributed by atoms with Crippen molar-refractivity contribution < 1.29 is 5.11 Å². The number of nitrogens with one attached hydrogen (secondary N) is 1. The van der Waals surface area contributed by atoms with Crippen molar-refractivity contribution in [3.63, 3.8) is 0 Å². The van der Waals surface area contributed by atoms with Crippen molar-refractivity contribution in [2.75, 3.05) is 13.2 Å². The van der Waals surface area contributed by atoms with Gasteiger partial charge in [-0.25, -0.2) is 0 Å². The highest BCUT2D eigenvalue weighted by atomic mass is 16.3. The molecule has 0 aliphatic heterocycles. The van der Waals surface area contributed by atoms with E-state index in [1.165, 1.54) is 5.57 Å². The first-order valence-electron chi connectivity index (χ1n) is 7.60. The van der Waals surface area contributed by atoms with Crippen molar-refractivity contribution in [3.05, 3.63) is 24.0 Å². The SMILES string of the molecule is C=C(C)CCCCN/C=C(\N)CO.CC.CC.CC. The maximum Gasteiger partial charge on any atom is 0.0840 e. The van der Waals surface area contributed by atoms with Crippen molar-refractivity contribution in [2.45, 2.75) is 67.7 Å². The van der Waals surface area contributed by atoms with Crippen molar-refractivity contribution in [3.8, 4) is 0 Å². The third-order valence-electron chi connectivity index (χ3n) is 1.64. The van der Waals surface area contributed by atoms with Crippen molar-refractivity contribution >= 4 is 0 Å². The molecule has 0 aromatic carbocycles. The van der Waals surface area contributed by atoms with Gasteiger partial charge in [0.05, 0.1) is 6.61 Å². The first-order chi connectivity index (χ1) is 9.16. The standard InChI is InChI=1S/C10H20N2O.3C2H6/c1-9(2)5-3-4-6-12-7-10(11)8-13;3*1-2/h7,12-13H,1,3-6,8,11H2,2H3;3*1-2H3/b10-7-;;;. The number of rotatable bonds is 7. The summed E-state index contributed by atoms with van der Waals surface area (Å²) in [5.41, 5.74) is 7.07. The highest BCUT2D eigenvalue weighted by molar-refractivity contribution is 4.94. The van der Waals surface area contributed by atoms with Crippen LogP contribution in [0.25, 0.3) is 0 Å². The fraction of sp³-hybridized carbons (Fsp3) is 0.750. The lowest BCUT2D eigenvalue weighted by Gasteiger charge is -2.02. The van der Waals surface area contributed by atoms with Gasteiger partial charge in [-0.05, 0) is 26.2 Å². The average Bonchev–Trinajstić information content (AvgIpc) is 2.48. The van der Waals surface area contributed by atoms with Crippen LogP contribution in [-0.4, -0.2) is 18.3 Å². The van der Waals surface area contributed by atoms with Crippen LogP contribution in [0.15, 0.2) is 24.0 Å². The maximum absolute atomic E-state index is 8.57. The Labute approximate surface area is 122 Å². The van der Waals surface area contributed by atoms with Crippen LogP contribution in [0.1, 0.15) is 67.7 Å². The Balaban J connectivity index is -0.000000163. The Hall–Kier alpha value is -0.960. The van der Waals surface area contributed by atoms with E-state index in [-0.39, 0.29) is 6.61 Å². The normalized spacial score (nSPS) is 8.74. The van der Waals surface area contributed by atoms with Crippen LogP contribution in [0.4, 0.5) is 0 Å². The van der Waals surface area contributed by atoms with Gasteiger partial charge in [-0.15, -0.1) is 6.58 Å². The van der Waals surface area contributed by atoms with Gasteiger partial charge in [0.25, 0.3) is 0 Å². The van der Waals surface area contributed by atoms with E-state index in [1.807, 2.05) is 48.5 Å². The van der Waals surface area contributed by atoms with E-state index in [4.69, 9.17) is 10.8 Å². The van der Waals surface area contributed by atoms with Gasteiger partial charge in [-0.2, -0.15) is 0 Å². The third-order valence-corrected chi connectivity index (χ3v) is 1.64. The molecule has 0 bridgehead atoms. The zero-order valence-electron chi connectivity index (χ0n) is 14.3. The molecule has 0 heterocycles. The third kappa shape index (κ3) is 38.2. The predicted octanol–water partition coefficient (Wildman–Crippen LogP) is 4.19. The summed E-state index contributed by atoms with van der Waals surface area (Å²) in [5, 5.41) is 11.6. The van der Waals surface area contributed by atoms with Crippen molar-refractivity contribution in [2.24, 2.45) is 5.73 Å². The summed E-state index contributed by atoms with van der Waals surface area (Å²) < 4.78 is 0. The molecular weight excluding hydrogens is 236 g/mol. The van der Waals surface area contributed by atoms with Crippen LogP contribution in [0.5, 0.6) is 0 Å². The van der Waals surface area contributed by atoms with Crippen LogP contribution in [-0.2, 0) is 0 Å². The second-order valence-corrected chi connectivity index (χ2v) is 3.25. The summed E-state index contributed by atoms with van der Waals surface area (Å²) in [4.78, 5) is 0. The van der Waals surface area contributed by atoms with Gasteiger partial charge in [0.2, 0.25) is 0 Å². The first kappa shape index (κ1) is 26.6. The van der Waals surface area contributed by atoms with Gasteiger partial charge in [0, 0.05) is 18.4 Å². The molecule has 0 aliphatic rings. The number of unbranched alkanes of at least 4 members (excludes halogenated alkanes) is 1. The summed E-state index contributed by atoms with van der Waals surface area (Å²) in [7, 11) is 0. The second-order valence-electron chi connectivity index (χ2n) is 3.25. The smallest absolute Gasteiger partial charge is 0.0840 e. The Bertz CT molecular complexity index is 178. The van der Waals surface area contributed by atoms with Gasteiger partial charge in [-0.1, -0.05) is 47.1 Å². The minimum Gasteiger partial charge on any atom is -0.399 e. The van der Waals surface area contributed by atoms with Gasteiger partial charge >= 0.3 is 0 Å². The topological polar surface area (TPSA) is 58.3 Å². The number of nitrogens with two attached hydrogens (primary N) is 1. The van der Waals surface area contributed by atoms with E-state index in [0.29, 0.717) is 5.70 Å². The number of allylic oxidation sites excluding steroid dienone is 1. The monoisotopic (exact) mass is 274 g/mol. The number of hydrogen-bond acceptors (Lipinski definition) is 3. The lowest BCUT2D eigenvalue weighted by molar-refractivity contribution is 0.329. The van der Waals surface area contributed by atoms with Gasteiger partial charge in [0.15, 0.2) is 0 Å². The average molecular weight is 274 g/mol. The van der Waals surface area contributed by atoms with Crippen LogP contribution in [0.3, 0.4) is 0 Å². The second kappa shape index (κ2) is 30.2. The first-order valence-corrected chi connectivity index (χ1v) is 7.60. The van der Waals surface area contributed by atoms with Gasteiger partial charge in [0.1, 0.15) is 0 Å². The molecule has 118 valence electrons. The van der Waals surface area contributed by atoms with Gasteiger partial charge < -0.3 is 16.2 Å². The fourth-order valence-electron chi connectivity index (χ4n) is 0.903. The molecule has 0 aromatic heterocycles. The van der Waals surface area contributed by atoms with E-state index in [2.05, 4.69) is 11.9 Å². The zero-order valence-corrected chi connectivity index (χ0v) is 14.3. The molecule has 0 rings (SSSR count). The predicted molar refractivity (Wildman–Crippen MR) is 90.1 cm³/mol. The highest BCUT2D eigenvalue weighted by Gasteiger charge is 1.88. The Morgan fingerprint density at radius 1 is 1.11 bits per heavy atom. The van der Waals surface area contributed by atoms with Crippen molar-refractivity contribution in [1.29, 1.82) is 0 Å². The van der Waals surface area contributed by atoms with E-state index in [9.17, 15) is 0 Å². The maximum atomic E-state index is 8.57. The van der Waals surface area contributed by atoms with Crippen LogP contribution in [0, 0.1) is 0 Å². The number of aliphatic hydroxyl groups is 1.